The van der Waals surface area contributed by atoms with Crippen molar-refractivity contribution in [3.63, 3.8) is 0 Å². The number of carbonyl (C=O) groups is 1. The number of hydrogen-bond acceptors (Lipinski definition) is 4. The molecule has 0 aliphatic heterocycles. The Kier molecular flexibility index (Phi) is 3.46. The largest absolute Gasteiger partial charge is 0.478 e. The summed E-state index contributed by atoms with van der Waals surface area (Å²) in [6.07, 6.45) is 2.05. The molecule has 0 saturated carbocycles. The van der Waals surface area contributed by atoms with Crippen LogP contribution in [0.2, 0.25) is 0 Å². The maximum atomic E-state index is 10.9. The molecule has 0 aliphatic carbocycles. The smallest absolute Gasteiger partial charge is 0.335 e. The van der Waals surface area contributed by atoms with Gasteiger partial charge in [0.05, 0.1) is 5.56 Å². The predicted octanol–water partition coefficient (Wildman–Crippen LogP) is 3.52. The molecule has 1 aromatic heterocycles. The lowest BCUT2D eigenvalue weighted by molar-refractivity contribution is 0.0697. The highest BCUT2D eigenvalue weighted by molar-refractivity contribution is 5.92. The monoisotopic (exact) mass is 262 g/mol. The molecule has 0 amide bonds. The van der Waals surface area contributed by atoms with Gasteiger partial charge < -0.3 is 14.8 Å². The zero-order chi connectivity index (χ0) is 14.0. The molecule has 0 unspecified atom stereocenters. The minimum atomic E-state index is -0.973. The van der Waals surface area contributed by atoms with Crippen LogP contribution in [0.25, 0.3) is 11.1 Å². The molecule has 0 atom stereocenters. The predicted molar refractivity (Wildman–Crippen MR) is 73.6 cm³/mol. The van der Waals surface area contributed by atoms with E-state index in [1.54, 1.807) is 6.07 Å². The van der Waals surface area contributed by atoms with Crippen LogP contribution >= 0.6 is 0 Å². The summed E-state index contributed by atoms with van der Waals surface area (Å²) in [6, 6.07) is 5.09. The topological polar surface area (TPSA) is 75.4 Å². The SMILES string of the molecule is CCCC(C)(C)Nc1nc2ccc(C(=O)O)cc2o1. The summed E-state index contributed by atoms with van der Waals surface area (Å²) in [5.74, 6) is -0.973. The van der Waals surface area contributed by atoms with Gasteiger partial charge in [0, 0.05) is 5.54 Å². The number of anilines is 1. The van der Waals surface area contributed by atoms with Crippen LogP contribution in [-0.4, -0.2) is 21.6 Å². The van der Waals surface area contributed by atoms with Gasteiger partial charge in [0.2, 0.25) is 0 Å². The lowest BCUT2D eigenvalue weighted by Gasteiger charge is -2.24. The summed E-state index contributed by atoms with van der Waals surface area (Å²) < 4.78 is 5.56. The molecule has 1 aromatic carbocycles. The number of aromatic nitrogens is 1. The van der Waals surface area contributed by atoms with E-state index < -0.39 is 5.97 Å². The van der Waals surface area contributed by atoms with Gasteiger partial charge in [0.15, 0.2) is 5.58 Å². The Labute approximate surface area is 111 Å². The molecular weight excluding hydrogens is 244 g/mol. The van der Waals surface area contributed by atoms with E-state index in [4.69, 9.17) is 9.52 Å². The lowest BCUT2D eigenvalue weighted by Crippen LogP contribution is -2.30. The van der Waals surface area contributed by atoms with Crippen molar-refractivity contribution in [2.24, 2.45) is 0 Å². The van der Waals surface area contributed by atoms with Gasteiger partial charge in [-0.25, -0.2) is 4.79 Å². The quantitative estimate of drug-likeness (QED) is 0.862. The van der Waals surface area contributed by atoms with Crippen LogP contribution < -0.4 is 5.32 Å². The van der Waals surface area contributed by atoms with Gasteiger partial charge >= 0.3 is 5.97 Å². The van der Waals surface area contributed by atoms with E-state index in [0.29, 0.717) is 17.1 Å². The van der Waals surface area contributed by atoms with E-state index in [9.17, 15) is 4.79 Å². The zero-order valence-electron chi connectivity index (χ0n) is 11.4. The molecule has 2 aromatic rings. The van der Waals surface area contributed by atoms with E-state index >= 15 is 0 Å². The Morgan fingerprint density at radius 1 is 1.47 bits per heavy atom. The third kappa shape index (κ3) is 3.05. The third-order valence-corrected chi connectivity index (χ3v) is 2.96. The molecule has 0 saturated heterocycles. The van der Waals surface area contributed by atoms with Crippen LogP contribution in [-0.2, 0) is 0 Å². The molecule has 0 bridgehead atoms. The van der Waals surface area contributed by atoms with E-state index in [1.165, 1.54) is 12.1 Å². The van der Waals surface area contributed by atoms with Crippen molar-refractivity contribution in [2.45, 2.75) is 39.2 Å². The standard InChI is InChI=1S/C14H18N2O3/c1-4-7-14(2,3)16-13-15-10-6-5-9(12(17)18)8-11(10)19-13/h5-6,8H,4,7H2,1-3H3,(H,15,16)(H,17,18). The summed E-state index contributed by atoms with van der Waals surface area (Å²) in [5.41, 5.74) is 1.23. The average molecular weight is 262 g/mol. The molecule has 2 rings (SSSR count). The minimum Gasteiger partial charge on any atom is -0.478 e. The van der Waals surface area contributed by atoms with Crippen molar-refractivity contribution in [1.82, 2.24) is 4.98 Å². The number of carboxylic acids is 1. The number of carboxylic acid groups (broad SMARTS) is 1. The Balaban J connectivity index is 2.29. The number of nitrogens with zero attached hydrogens (tertiary/aromatic N) is 1. The number of fused-ring (bicyclic) bond motifs is 1. The van der Waals surface area contributed by atoms with Crippen molar-refractivity contribution < 1.29 is 14.3 Å². The number of oxazole rings is 1. The highest BCUT2D eigenvalue weighted by atomic mass is 16.4. The first-order valence-corrected chi connectivity index (χ1v) is 6.33. The van der Waals surface area contributed by atoms with E-state index in [2.05, 4.69) is 31.1 Å². The summed E-state index contributed by atoms with van der Waals surface area (Å²) in [5, 5.41) is 12.2. The Morgan fingerprint density at radius 2 is 2.21 bits per heavy atom. The second-order valence-electron chi connectivity index (χ2n) is 5.27. The Morgan fingerprint density at radius 3 is 2.84 bits per heavy atom. The second kappa shape index (κ2) is 4.91. The van der Waals surface area contributed by atoms with Crippen LogP contribution in [0.3, 0.4) is 0 Å². The van der Waals surface area contributed by atoms with Crippen LogP contribution in [0.4, 0.5) is 6.01 Å². The summed E-state index contributed by atoms with van der Waals surface area (Å²) in [6.45, 7) is 6.27. The first kappa shape index (κ1) is 13.4. The molecule has 5 heteroatoms. The molecule has 2 N–H and O–H groups in total. The van der Waals surface area contributed by atoms with E-state index in [-0.39, 0.29) is 11.1 Å². The Bertz CT molecular complexity index is 602. The van der Waals surface area contributed by atoms with Crippen molar-refractivity contribution in [3.8, 4) is 0 Å². The van der Waals surface area contributed by atoms with Crippen molar-refractivity contribution in [3.05, 3.63) is 23.8 Å². The highest BCUT2D eigenvalue weighted by Crippen LogP contribution is 2.24. The summed E-state index contributed by atoms with van der Waals surface area (Å²) in [4.78, 5) is 15.2. The van der Waals surface area contributed by atoms with E-state index in [1.807, 2.05) is 0 Å². The molecule has 0 radical (unpaired) electrons. The van der Waals surface area contributed by atoms with Crippen molar-refractivity contribution in [2.75, 3.05) is 5.32 Å². The third-order valence-electron chi connectivity index (χ3n) is 2.96. The fourth-order valence-corrected chi connectivity index (χ4v) is 2.09. The number of benzene rings is 1. The normalized spacial score (nSPS) is 11.7. The number of rotatable bonds is 5. The van der Waals surface area contributed by atoms with Gasteiger partial charge in [0.1, 0.15) is 5.52 Å². The molecule has 19 heavy (non-hydrogen) atoms. The van der Waals surface area contributed by atoms with Gasteiger partial charge in [-0.1, -0.05) is 13.3 Å². The summed E-state index contributed by atoms with van der Waals surface area (Å²) >= 11 is 0. The molecule has 0 spiro atoms. The minimum absolute atomic E-state index is 0.106. The van der Waals surface area contributed by atoms with Crippen LogP contribution in [0.15, 0.2) is 22.6 Å². The van der Waals surface area contributed by atoms with Gasteiger partial charge in [-0.3, -0.25) is 0 Å². The molecule has 0 fully saturated rings. The number of aromatic carboxylic acids is 1. The van der Waals surface area contributed by atoms with Gasteiger partial charge in [-0.05, 0) is 38.5 Å². The highest BCUT2D eigenvalue weighted by Gasteiger charge is 2.19. The molecular formula is C14H18N2O3. The van der Waals surface area contributed by atoms with Crippen LogP contribution in [0.1, 0.15) is 44.0 Å². The number of hydrogen-bond donors (Lipinski definition) is 2. The fourth-order valence-electron chi connectivity index (χ4n) is 2.09. The van der Waals surface area contributed by atoms with Gasteiger partial charge in [-0.2, -0.15) is 4.98 Å². The van der Waals surface area contributed by atoms with E-state index in [0.717, 1.165) is 12.8 Å². The maximum absolute atomic E-state index is 10.9. The first-order valence-electron chi connectivity index (χ1n) is 6.33. The molecule has 0 aliphatic rings. The lowest BCUT2D eigenvalue weighted by atomic mass is 9.99. The van der Waals surface area contributed by atoms with Gasteiger partial charge in [-0.15, -0.1) is 0 Å². The zero-order valence-corrected chi connectivity index (χ0v) is 11.4. The molecule has 1 heterocycles. The Hall–Kier alpha value is -2.04. The van der Waals surface area contributed by atoms with Crippen molar-refractivity contribution >= 4 is 23.1 Å². The van der Waals surface area contributed by atoms with Gasteiger partial charge in [0.25, 0.3) is 6.01 Å². The summed E-state index contributed by atoms with van der Waals surface area (Å²) in [7, 11) is 0. The second-order valence-corrected chi connectivity index (χ2v) is 5.27. The maximum Gasteiger partial charge on any atom is 0.335 e. The first-order chi connectivity index (χ1) is 8.91. The van der Waals surface area contributed by atoms with Crippen molar-refractivity contribution in [1.29, 1.82) is 0 Å². The van der Waals surface area contributed by atoms with Crippen LogP contribution in [0.5, 0.6) is 0 Å². The fraction of sp³-hybridized carbons (Fsp3) is 0.429. The number of nitrogens with one attached hydrogen (secondary N) is 1. The van der Waals surface area contributed by atoms with Crippen LogP contribution in [0, 0.1) is 0 Å². The average Bonchev–Trinajstić information content (AvgIpc) is 2.68. The molecule has 5 nitrogen and oxygen atoms in total. The molecule has 102 valence electrons.